The van der Waals surface area contributed by atoms with Crippen LogP contribution in [0.1, 0.15) is 0 Å². The second-order valence-corrected chi connectivity index (χ2v) is 2.75. The summed E-state index contributed by atoms with van der Waals surface area (Å²) >= 11 is 0. The molecule has 0 aliphatic carbocycles. The van der Waals surface area contributed by atoms with Crippen LogP contribution in [0.25, 0.3) is 10.9 Å². The van der Waals surface area contributed by atoms with Gasteiger partial charge < -0.3 is 0 Å². The van der Waals surface area contributed by atoms with Crippen molar-refractivity contribution in [2.75, 3.05) is 0 Å². The molecule has 4 heteroatoms. The fourth-order valence-electron chi connectivity index (χ4n) is 1.30. The number of pyridine rings is 1. The Bertz CT molecular complexity index is 480. The van der Waals surface area contributed by atoms with Crippen LogP contribution in [-0.4, -0.2) is 14.3 Å². The molecule has 12 heavy (non-hydrogen) atoms. The van der Waals surface area contributed by atoms with E-state index in [9.17, 15) is 4.79 Å². The lowest BCUT2D eigenvalue weighted by molar-refractivity contribution is 0.595. The van der Waals surface area contributed by atoms with Crippen LogP contribution in [0.4, 0.5) is 0 Å². The predicted octanol–water partition coefficient (Wildman–Crippen LogP) is 0.272. The Balaban J connectivity index is 3.09. The summed E-state index contributed by atoms with van der Waals surface area (Å²) in [6, 6.07) is 1.73. The lowest BCUT2D eigenvalue weighted by Crippen LogP contribution is -2.16. The number of aryl methyl sites for hydroxylation is 1. The minimum absolute atomic E-state index is 0.0231. The van der Waals surface area contributed by atoms with Crippen LogP contribution >= 0.6 is 0 Å². The van der Waals surface area contributed by atoms with Crippen LogP contribution in [-0.2, 0) is 14.1 Å². The van der Waals surface area contributed by atoms with Crippen molar-refractivity contribution in [3.63, 3.8) is 0 Å². The third-order valence-corrected chi connectivity index (χ3v) is 2.12. The minimum Gasteiger partial charge on any atom is -0.284 e. The first-order valence-corrected chi connectivity index (χ1v) is 3.67. The van der Waals surface area contributed by atoms with E-state index in [0.29, 0.717) is 0 Å². The molecule has 2 heterocycles. The van der Waals surface area contributed by atoms with Gasteiger partial charge in [0.05, 0.1) is 17.1 Å². The Hall–Kier alpha value is -1.58. The predicted molar refractivity (Wildman–Crippen MR) is 46.0 cm³/mol. The molecule has 0 fully saturated rings. The van der Waals surface area contributed by atoms with Gasteiger partial charge in [-0.1, -0.05) is 0 Å². The molecule has 0 aliphatic heterocycles. The Morgan fingerprint density at radius 2 is 2.08 bits per heavy atom. The molecule has 0 radical (unpaired) electrons. The lowest BCUT2D eigenvalue weighted by Gasteiger charge is -1.97. The highest BCUT2D eigenvalue weighted by atomic mass is 16.1. The van der Waals surface area contributed by atoms with E-state index >= 15 is 0 Å². The third-order valence-electron chi connectivity index (χ3n) is 2.12. The summed E-state index contributed by atoms with van der Waals surface area (Å²) in [5.74, 6) is 0. The van der Waals surface area contributed by atoms with Gasteiger partial charge in [0.25, 0.3) is 5.56 Å². The van der Waals surface area contributed by atoms with Crippen molar-refractivity contribution in [2.45, 2.75) is 0 Å². The Labute approximate surface area is 69.0 Å². The van der Waals surface area contributed by atoms with Gasteiger partial charge in [0.2, 0.25) is 0 Å². The first kappa shape index (κ1) is 7.09. The Kier molecular flexibility index (Phi) is 1.30. The van der Waals surface area contributed by atoms with Crippen molar-refractivity contribution in [3.8, 4) is 0 Å². The maximum absolute atomic E-state index is 11.5. The standard InChI is InChI=1S/C8H9N3O/c1-10-7-5-9-4-3-6(7)8(12)11(10)2/h3-5H,1-2H3. The molecule has 0 saturated carbocycles. The van der Waals surface area contributed by atoms with Crippen molar-refractivity contribution < 1.29 is 0 Å². The van der Waals surface area contributed by atoms with Gasteiger partial charge in [0, 0.05) is 20.3 Å². The first-order chi connectivity index (χ1) is 5.72. The normalized spacial score (nSPS) is 10.8. The smallest absolute Gasteiger partial charge is 0.274 e. The molecule has 0 spiro atoms. The molecule has 0 aliphatic rings. The summed E-state index contributed by atoms with van der Waals surface area (Å²) in [5.41, 5.74) is 0.889. The Morgan fingerprint density at radius 3 is 2.75 bits per heavy atom. The van der Waals surface area contributed by atoms with E-state index < -0.39 is 0 Å². The molecule has 0 saturated heterocycles. The van der Waals surface area contributed by atoms with Gasteiger partial charge in [-0.25, -0.2) is 0 Å². The molecule has 4 nitrogen and oxygen atoms in total. The van der Waals surface area contributed by atoms with Gasteiger partial charge in [-0.05, 0) is 6.07 Å². The van der Waals surface area contributed by atoms with Crippen LogP contribution in [0.5, 0.6) is 0 Å². The summed E-state index contributed by atoms with van der Waals surface area (Å²) in [6.07, 6.45) is 3.32. The maximum atomic E-state index is 11.5. The van der Waals surface area contributed by atoms with E-state index in [-0.39, 0.29) is 5.56 Å². The van der Waals surface area contributed by atoms with Crippen LogP contribution in [0, 0.1) is 0 Å². The van der Waals surface area contributed by atoms with Crippen LogP contribution in [0.2, 0.25) is 0 Å². The number of rotatable bonds is 0. The zero-order chi connectivity index (χ0) is 8.72. The first-order valence-electron chi connectivity index (χ1n) is 3.67. The number of nitrogens with zero attached hydrogens (tertiary/aromatic N) is 3. The topological polar surface area (TPSA) is 39.8 Å². The fourth-order valence-corrected chi connectivity index (χ4v) is 1.30. The van der Waals surface area contributed by atoms with Gasteiger partial charge >= 0.3 is 0 Å². The van der Waals surface area contributed by atoms with Gasteiger partial charge in [0.1, 0.15) is 0 Å². The molecule has 0 aromatic carbocycles. The molecule has 0 bridgehead atoms. The third kappa shape index (κ3) is 0.717. The van der Waals surface area contributed by atoms with Crippen molar-refractivity contribution >= 4 is 10.9 Å². The molecule has 62 valence electrons. The van der Waals surface area contributed by atoms with Crippen molar-refractivity contribution in [1.29, 1.82) is 0 Å². The van der Waals surface area contributed by atoms with Gasteiger partial charge in [-0.2, -0.15) is 0 Å². The van der Waals surface area contributed by atoms with E-state index in [2.05, 4.69) is 4.98 Å². The van der Waals surface area contributed by atoms with Crippen molar-refractivity contribution in [2.24, 2.45) is 14.1 Å². The highest BCUT2D eigenvalue weighted by molar-refractivity contribution is 5.77. The SMILES string of the molecule is Cn1c(=O)c2ccncc2n1C. The van der Waals surface area contributed by atoms with Gasteiger partial charge in [0.15, 0.2) is 0 Å². The molecule has 2 aromatic rings. The number of hydrogen-bond donors (Lipinski definition) is 0. The number of fused-ring (bicyclic) bond motifs is 1. The Morgan fingerprint density at radius 1 is 1.33 bits per heavy atom. The quantitative estimate of drug-likeness (QED) is 0.559. The second-order valence-electron chi connectivity index (χ2n) is 2.75. The molecule has 2 rings (SSSR count). The highest BCUT2D eigenvalue weighted by Crippen LogP contribution is 2.05. The second kappa shape index (κ2) is 2.20. The average molecular weight is 163 g/mol. The van der Waals surface area contributed by atoms with Crippen LogP contribution < -0.4 is 5.56 Å². The maximum Gasteiger partial charge on any atom is 0.274 e. The summed E-state index contributed by atoms with van der Waals surface area (Å²) in [6.45, 7) is 0. The largest absolute Gasteiger partial charge is 0.284 e. The molecule has 0 unspecified atom stereocenters. The van der Waals surface area contributed by atoms with Crippen LogP contribution in [0.3, 0.4) is 0 Å². The summed E-state index contributed by atoms with van der Waals surface area (Å²) in [7, 11) is 3.58. The number of aromatic nitrogens is 3. The molecule has 2 aromatic heterocycles. The zero-order valence-electron chi connectivity index (χ0n) is 6.98. The molecule has 0 amide bonds. The highest BCUT2D eigenvalue weighted by Gasteiger charge is 2.05. The average Bonchev–Trinajstić information content (AvgIpc) is 2.33. The summed E-state index contributed by atoms with van der Waals surface area (Å²) in [4.78, 5) is 15.4. The van der Waals surface area contributed by atoms with Crippen LogP contribution in [0.15, 0.2) is 23.3 Å². The zero-order valence-corrected chi connectivity index (χ0v) is 6.98. The minimum atomic E-state index is 0.0231. The van der Waals surface area contributed by atoms with E-state index in [0.717, 1.165) is 10.9 Å². The molecular formula is C8H9N3O. The fraction of sp³-hybridized carbons (Fsp3) is 0.250. The number of hydrogen-bond acceptors (Lipinski definition) is 2. The van der Waals surface area contributed by atoms with Crippen molar-refractivity contribution in [1.82, 2.24) is 14.3 Å². The summed E-state index contributed by atoms with van der Waals surface area (Å²) < 4.78 is 3.34. The van der Waals surface area contributed by atoms with E-state index in [4.69, 9.17) is 0 Å². The van der Waals surface area contributed by atoms with Gasteiger partial charge in [-0.3, -0.25) is 19.1 Å². The van der Waals surface area contributed by atoms with E-state index in [1.54, 1.807) is 34.9 Å². The summed E-state index contributed by atoms with van der Waals surface area (Å²) in [5, 5.41) is 0.718. The molecular weight excluding hydrogens is 154 g/mol. The monoisotopic (exact) mass is 163 g/mol. The molecule has 0 atom stereocenters. The van der Waals surface area contributed by atoms with E-state index in [1.807, 2.05) is 7.05 Å². The van der Waals surface area contributed by atoms with Crippen molar-refractivity contribution in [3.05, 3.63) is 28.8 Å². The lowest BCUT2D eigenvalue weighted by atomic mass is 10.3. The van der Waals surface area contributed by atoms with Gasteiger partial charge in [-0.15, -0.1) is 0 Å². The molecule has 0 N–H and O–H groups in total. The van der Waals surface area contributed by atoms with E-state index in [1.165, 1.54) is 0 Å².